The van der Waals surface area contributed by atoms with Gasteiger partial charge < -0.3 is 84.4 Å². The van der Waals surface area contributed by atoms with Crippen molar-refractivity contribution < 1.29 is 63.0 Å². The van der Waals surface area contributed by atoms with Crippen LogP contribution < -0.4 is 75.1 Å². The van der Waals surface area contributed by atoms with E-state index in [9.17, 15) is 63.0 Å². The smallest absolute Gasteiger partial charge is 0.334 e. The number of aromatic nitrogens is 2. The molecule has 30 nitrogen and oxygen atoms in total. The zero-order chi connectivity index (χ0) is 70.3. The summed E-state index contributed by atoms with van der Waals surface area (Å²) in [6.45, 7) is 6.14. The van der Waals surface area contributed by atoms with E-state index < -0.39 is 126 Å². The molecule has 4 aromatic carbocycles. The number of nitrogens with one attached hydrogen (secondary N) is 16. The third-order valence-corrected chi connectivity index (χ3v) is 16.0. The monoisotopic (exact) mass is 1340 g/mol. The molecule has 7 rings (SSSR count). The molecule has 0 unspecified atom stereocenters. The number of H-pyrrole nitrogens is 2. The minimum absolute atomic E-state index is 0.00258. The molecule has 97 heavy (non-hydrogen) atoms. The van der Waals surface area contributed by atoms with E-state index in [-0.39, 0.29) is 75.2 Å². The second-order valence-electron chi connectivity index (χ2n) is 24.4. The minimum atomic E-state index is -1.87. The summed E-state index contributed by atoms with van der Waals surface area (Å²) in [4.78, 5) is 159. The minimum Gasteiger partial charge on any atom is -0.508 e. The van der Waals surface area contributed by atoms with E-state index in [1.165, 1.54) is 26.0 Å². The zero-order valence-corrected chi connectivity index (χ0v) is 54.6. The largest absolute Gasteiger partial charge is 0.508 e. The van der Waals surface area contributed by atoms with E-state index in [0.29, 0.717) is 46.0 Å². The number of carbonyl (C=O) groups is 11. The molecule has 0 aliphatic heterocycles. The number of phenols is 1. The van der Waals surface area contributed by atoms with Gasteiger partial charge in [-0.15, -0.1) is 0 Å². The summed E-state index contributed by atoms with van der Waals surface area (Å²) in [5.41, 5.74) is 14.1. The number of amides is 12. The van der Waals surface area contributed by atoms with E-state index >= 15 is 0 Å². The number of phenolic OH excluding ortho intramolecular Hbond substituents is 1. The van der Waals surface area contributed by atoms with Crippen LogP contribution in [0.25, 0.3) is 21.8 Å². The van der Waals surface area contributed by atoms with Crippen LogP contribution >= 0.6 is 0 Å². The maximum atomic E-state index is 14.7. The van der Waals surface area contributed by atoms with Crippen molar-refractivity contribution in [3.05, 3.63) is 138 Å². The molecule has 0 saturated heterocycles. The molecule has 0 radical (unpaired) electrons. The van der Waals surface area contributed by atoms with Crippen molar-refractivity contribution in [3.8, 4) is 5.75 Å². The van der Waals surface area contributed by atoms with Crippen molar-refractivity contribution in [2.75, 3.05) is 13.6 Å². The van der Waals surface area contributed by atoms with Crippen LogP contribution in [0.4, 0.5) is 4.79 Å². The highest BCUT2D eigenvalue weighted by atomic mass is 16.3. The molecule has 2 aromatic heterocycles. The van der Waals surface area contributed by atoms with Gasteiger partial charge in [-0.1, -0.05) is 92.7 Å². The van der Waals surface area contributed by atoms with Gasteiger partial charge in [-0.3, -0.25) is 58.8 Å². The van der Waals surface area contributed by atoms with Gasteiger partial charge in [0, 0.05) is 86.4 Å². The van der Waals surface area contributed by atoms with Crippen LogP contribution in [0.15, 0.2) is 116 Å². The molecule has 0 bridgehead atoms. The Morgan fingerprint density at radius 3 is 1.62 bits per heavy atom. The molecule has 0 spiro atoms. The number of para-hydroxylation sites is 2. The average Bonchev–Trinajstić information content (AvgIpc) is 1.78. The summed E-state index contributed by atoms with van der Waals surface area (Å²) in [7, 11) is 1.55. The van der Waals surface area contributed by atoms with Crippen LogP contribution in [0.5, 0.6) is 5.75 Å². The molecule has 1 aliphatic rings. The highest BCUT2D eigenvalue weighted by Crippen LogP contribution is 2.23. The molecule has 518 valence electrons. The first kappa shape index (κ1) is 73.4. The molecule has 9 atom stereocenters. The van der Waals surface area contributed by atoms with Crippen molar-refractivity contribution in [1.29, 1.82) is 5.41 Å². The lowest BCUT2D eigenvalue weighted by Gasteiger charge is -2.28. The molecule has 12 amide bonds. The summed E-state index contributed by atoms with van der Waals surface area (Å²) in [6, 6.07) is 15.8. The van der Waals surface area contributed by atoms with Crippen LogP contribution in [0, 0.1) is 11.3 Å². The number of hydrogen-bond donors (Lipinski definition) is 19. The fourth-order valence-electron chi connectivity index (χ4n) is 10.8. The number of aliphatic hydroxyl groups is 1. The summed E-state index contributed by atoms with van der Waals surface area (Å²) in [5.74, 6) is -8.89. The van der Waals surface area contributed by atoms with E-state index in [1.807, 2.05) is 24.3 Å². The normalized spacial score (nSPS) is 14.6. The number of aliphatic hydroxyl groups excluding tert-OH is 1. The number of guanidine groups is 1. The lowest BCUT2D eigenvalue weighted by atomic mass is 10.0. The van der Waals surface area contributed by atoms with Gasteiger partial charge >= 0.3 is 6.03 Å². The first-order chi connectivity index (χ1) is 46.3. The third-order valence-electron chi connectivity index (χ3n) is 16.0. The Kier molecular flexibility index (Phi) is 26.8. The Hall–Kier alpha value is -11.0. The fraction of sp³-hybridized carbons (Fsp3) is 0.403. The Labute approximate surface area is 559 Å². The van der Waals surface area contributed by atoms with Crippen molar-refractivity contribution in [2.24, 2.45) is 11.7 Å². The molecule has 6 aromatic rings. The lowest BCUT2D eigenvalue weighted by molar-refractivity contribution is -0.137. The molecule has 1 saturated carbocycles. The van der Waals surface area contributed by atoms with E-state index in [4.69, 9.17) is 11.1 Å². The van der Waals surface area contributed by atoms with Crippen LogP contribution in [0.3, 0.4) is 0 Å². The van der Waals surface area contributed by atoms with Gasteiger partial charge in [0.05, 0.1) is 12.5 Å². The summed E-state index contributed by atoms with van der Waals surface area (Å²) >= 11 is 0. The molecule has 1 aliphatic carbocycles. The number of aromatic hydroxyl groups is 1. The Morgan fingerprint density at radius 1 is 0.557 bits per heavy atom. The number of hydrogen-bond acceptors (Lipinski definition) is 14. The maximum Gasteiger partial charge on any atom is 0.334 e. The van der Waals surface area contributed by atoms with Gasteiger partial charge in [-0.25, -0.2) is 10.2 Å². The fourth-order valence-corrected chi connectivity index (χ4v) is 10.8. The number of benzene rings is 4. The first-order valence-corrected chi connectivity index (χ1v) is 32.0. The van der Waals surface area contributed by atoms with Crippen molar-refractivity contribution in [3.63, 3.8) is 0 Å². The van der Waals surface area contributed by atoms with Crippen LogP contribution in [0.2, 0.25) is 0 Å². The topological polar surface area (TPSA) is 466 Å². The van der Waals surface area contributed by atoms with Crippen LogP contribution in [-0.4, -0.2) is 165 Å². The second-order valence-corrected chi connectivity index (χ2v) is 24.4. The van der Waals surface area contributed by atoms with Crippen LogP contribution in [0.1, 0.15) is 88.5 Å². The van der Waals surface area contributed by atoms with E-state index in [0.717, 1.165) is 10.9 Å². The van der Waals surface area contributed by atoms with Gasteiger partial charge in [-0.2, -0.15) is 0 Å². The van der Waals surface area contributed by atoms with E-state index in [2.05, 4.69) is 79.3 Å². The van der Waals surface area contributed by atoms with Gasteiger partial charge in [-0.05, 0) is 91.5 Å². The van der Waals surface area contributed by atoms with Crippen molar-refractivity contribution in [2.45, 2.75) is 152 Å². The maximum absolute atomic E-state index is 14.7. The molecular weight excluding hydrogens is 1250 g/mol. The Bertz CT molecular complexity index is 3760. The SMILES string of the molecule is CNC(=N)NCCC[C@H](NC(=O)[C@H](CC(C)C)NC(=O)NNC(=O)[C@H](Cc1ccccc1)NC(=O)[C@@H](NC(=O)[C@H](CC(=O)NC1CC1)NC(=O)[C@@H](Cc1c[nH]c2ccccc12)NC(=O)[C@@H](Cc1ccc(O)cc1)NC(C)=O)[C@@H](C)O)C(=O)N[C@@H](Cc1c[nH]c2ccccc12)C(N)=O. The number of aromatic amines is 2. The predicted molar refractivity (Wildman–Crippen MR) is 359 cm³/mol. The second kappa shape index (κ2) is 35.5. The molecular formula is C67H87N17O13. The number of hydrazine groups is 1. The third kappa shape index (κ3) is 22.9. The van der Waals surface area contributed by atoms with Crippen LogP contribution in [-0.2, 0) is 73.6 Å². The van der Waals surface area contributed by atoms with Gasteiger partial charge in [0.15, 0.2) is 5.96 Å². The van der Waals surface area contributed by atoms with Crippen molar-refractivity contribution >= 4 is 92.9 Å². The highest BCUT2D eigenvalue weighted by Gasteiger charge is 2.37. The number of fused-ring (bicyclic) bond motifs is 2. The lowest BCUT2D eigenvalue weighted by Crippen LogP contribution is -2.63. The summed E-state index contributed by atoms with van der Waals surface area (Å²) < 4.78 is 0. The molecule has 20 N–H and O–H groups in total. The summed E-state index contributed by atoms with van der Waals surface area (Å²) in [5, 5.41) is 59.5. The van der Waals surface area contributed by atoms with E-state index in [1.54, 1.807) is 100 Å². The number of rotatable bonds is 34. The first-order valence-electron chi connectivity index (χ1n) is 32.0. The number of urea groups is 1. The molecule has 2 heterocycles. The highest BCUT2D eigenvalue weighted by molar-refractivity contribution is 6.00. The summed E-state index contributed by atoms with van der Waals surface area (Å²) in [6.07, 6.45) is 2.11. The van der Waals surface area contributed by atoms with Gasteiger partial charge in [0.2, 0.25) is 53.2 Å². The predicted octanol–water partition coefficient (Wildman–Crippen LogP) is -0.157. The Morgan fingerprint density at radius 2 is 1.05 bits per heavy atom. The van der Waals surface area contributed by atoms with Crippen molar-refractivity contribution in [1.82, 2.24) is 79.3 Å². The quantitative estimate of drug-likeness (QED) is 0.0108. The average molecular weight is 1340 g/mol. The molecule has 30 heteroatoms. The number of carbonyl (C=O) groups excluding carboxylic acids is 11. The molecule has 1 fully saturated rings. The zero-order valence-electron chi connectivity index (χ0n) is 54.6. The van der Waals surface area contributed by atoms with Gasteiger partial charge in [0.25, 0.3) is 5.91 Å². The van der Waals surface area contributed by atoms with Gasteiger partial charge in [0.1, 0.15) is 54.1 Å². The Balaban J connectivity index is 1.05. The standard InChI is InChI=1S/C67H87N17O13/c1-36(2)28-51(60(91)76-49(20-13-27-71-66(69)70-5)59(90)77-50(58(68)89)31-41-34-72-47-18-11-9-16-45(41)47)81-67(97)84-83-64(95)53(29-39-14-7-6-8-15-39)80-65(96)57(37(3)85)82-63(94)55(33-56(88)75-43-23-24-43)79-62(93)54(32-42-35-73-48-19-12-10-17-46(42)48)78-61(92)52(74-38(4)86)30-40-21-25-44(87)26-22-40/h6-12,14-19,21-22,25-26,34-37,43,49-55,57,72-73,85,87H,13,20,23-24,27-33H2,1-5H3,(H2,68,89)(H,74,86)(H,75,88)(H,76,91)(H,77,90)(H,78,92)(H,79,93)(H,80,96)(H,82,94)(H,83,95)(H3,69,70,71)(H2,81,84,97)/t37-,49+,50+,51+,52-,53+,54-,55+,57+/m1/s1. The number of nitrogens with two attached hydrogens (primary N) is 1. The number of primary amides is 1.